The number of aromatic nitrogens is 4. The van der Waals surface area contributed by atoms with Gasteiger partial charge in [-0.15, -0.1) is 0 Å². The first-order valence-corrected chi connectivity index (χ1v) is 9.76. The Hall–Kier alpha value is -4.53. The largest absolute Gasteiger partial charge is 0.508 e. The van der Waals surface area contributed by atoms with E-state index in [1.807, 2.05) is 12.1 Å². The molecule has 160 valence electrons. The highest BCUT2D eigenvalue weighted by atomic mass is 16.5. The third-order valence-corrected chi connectivity index (χ3v) is 5.16. The number of phenols is 1. The van der Waals surface area contributed by atoms with Gasteiger partial charge in [0.2, 0.25) is 0 Å². The maximum absolute atomic E-state index is 12.6. The monoisotopic (exact) mass is 429 g/mol. The molecule has 0 aliphatic rings. The van der Waals surface area contributed by atoms with Crippen molar-refractivity contribution in [3.8, 4) is 28.8 Å². The number of hydrogen-bond donors (Lipinski definition) is 4. The summed E-state index contributed by atoms with van der Waals surface area (Å²) >= 11 is 0. The number of rotatable bonds is 5. The van der Waals surface area contributed by atoms with Crippen LogP contribution in [0.3, 0.4) is 0 Å². The zero-order chi connectivity index (χ0) is 22.2. The van der Waals surface area contributed by atoms with Crippen LogP contribution in [-0.2, 0) is 0 Å². The first-order valence-electron chi connectivity index (χ1n) is 9.76. The number of aromatic hydroxyl groups is 1. The van der Waals surface area contributed by atoms with Gasteiger partial charge in [0.05, 0.1) is 30.8 Å². The third-order valence-electron chi connectivity index (χ3n) is 5.16. The van der Waals surface area contributed by atoms with Crippen molar-refractivity contribution < 1.29 is 19.4 Å². The summed E-state index contributed by atoms with van der Waals surface area (Å²) in [6.07, 6.45) is 0. The molecule has 0 unspecified atom stereocenters. The second kappa shape index (κ2) is 7.62. The molecule has 0 bridgehead atoms. The molecule has 9 nitrogen and oxygen atoms in total. The lowest BCUT2D eigenvalue weighted by atomic mass is 10.1. The molecule has 1 amide bonds. The number of benzene rings is 3. The molecule has 0 aliphatic carbocycles. The van der Waals surface area contributed by atoms with Crippen molar-refractivity contribution >= 4 is 33.5 Å². The Balaban J connectivity index is 1.47. The van der Waals surface area contributed by atoms with Crippen molar-refractivity contribution in [2.75, 3.05) is 19.5 Å². The molecule has 0 spiro atoms. The van der Waals surface area contributed by atoms with E-state index in [4.69, 9.17) is 9.47 Å². The molecule has 2 aromatic heterocycles. The molecule has 2 heterocycles. The number of amides is 1. The van der Waals surface area contributed by atoms with Crippen LogP contribution in [0.15, 0.2) is 54.6 Å². The number of aromatic amines is 2. The number of fused-ring (bicyclic) bond motifs is 2. The number of methoxy groups -OCH3 is 2. The highest BCUT2D eigenvalue weighted by Gasteiger charge is 2.16. The van der Waals surface area contributed by atoms with E-state index in [1.165, 1.54) is 12.1 Å². The first-order chi connectivity index (χ1) is 15.6. The van der Waals surface area contributed by atoms with E-state index in [1.54, 1.807) is 44.6 Å². The molecule has 0 fully saturated rings. The Labute approximate surface area is 182 Å². The van der Waals surface area contributed by atoms with Crippen LogP contribution in [0.2, 0.25) is 0 Å². The van der Waals surface area contributed by atoms with E-state index in [2.05, 4.69) is 25.5 Å². The zero-order valence-electron chi connectivity index (χ0n) is 17.3. The van der Waals surface area contributed by atoms with Gasteiger partial charge in [-0.1, -0.05) is 0 Å². The molecular formula is C23H19N5O4. The highest BCUT2D eigenvalue weighted by molar-refractivity contribution is 6.07. The van der Waals surface area contributed by atoms with Crippen LogP contribution < -0.4 is 14.8 Å². The quantitative estimate of drug-likeness (QED) is 0.312. The molecule has 9 heteroatoms. The maximum atomic E-state index is 12.6. The van der Waals surface area contributed by atoms with Crippen molar-refractivity contribution in [2.45, 2.75) is 0 Å². The van der Waals surface area contributed by atoms with Crippen LogP contribution >= 0.6 is 0 Å². The maximum Gasteiger partial charge on any atom is 0.255 e. The van der Waals surface area contributed by atoms with Crippen molar-refractivity contribution in [1.82, 2.24) is 20.2 Å². The van der Waals surface area contributed by atoms with Gasteiger partial charge in [-0.3, -0.25) is 9.89 Å². The SMILES string of the molecule is COc1cc2nc(-c3n[nH]c4cc(C(=O)Nc5ccc(O)cc5)ccc34)[nH]c2cc1OC. The fourth-order valence-corrected chi connectivity index (χ4v) is 3.54. The number of nitrogens with zero attached hydrogens (tertiary/aromatic N) is 2. The van der Waals surface area contributed by atoms with Crippen molar-refractivity contribution in [3.05, 3.63) is 60.2 Å². The minimum absolute atomic E-state index is 0.136. The molecular weight excluding hydrogens is 410 g/mol. The van der Waals surface area contributed by atoms with Gasteiger partial charge in [0, 0.05) is 28.8 Å². The van der Waals surface area contributed by atoms with E-state index in [0.29, 0.717) is 39.8 Å². The summed E-state index contributed by atoms with van der Waals surface area (Å²) in [5.41, 5.74) is 3.91. The van der Waals surface area contributed by atoms with Crippen LogP contribution in [-0.4, -0.2) is 45.4 Å². The lowest BCUT2D eigenvalue weighted by Gasteiger charge is -2.06. The summed E-state index contributed by atoms with van der Waals surface area (Å²) in [7, 11) is 3.16. The molecule has 5 aromatic rings. The van der Waals surface area contributed by atoms with Crippen LogP contribution in [0.5, 0.6) is 17.2 Å². The van der Waals surface area contributed by atoms with Gasteiger partial charge in [-0.25, -0.2) is 4.98 Å². The minimum atomic E-state index is -0.267. The van der Waals surface area contributed by atoms with Gasteiger partial charge in [0.15, 0.2) is 17.3 Å². The molecule has 0 saturated heterocycles. The summed E-state index contributed by atoms with van der Waals surface area (Å²) in [6, 6.07) is 15.2. The van der Waals surface area contributed by atoms with E-state index < -0.39 is 0 Å². The number of imidazole rings is 1. The van der Waals surface area contributed by atoms with Gasteiger partial charge in [0.1, 0.15) is 11.4 Å². The molecule has 0 saturated carbocycles. The fourth-order valence-electron chi connectivity index (χ4n) is 3.54. The zero-order valence-corrected chi connectivity index (χ0v) is 17.3. The summed E-state index contributed by atoms with van der Waals surface area (Å²) in [6.45, 7) is 0. The van der Waals surface area contributed by atoms with Crippen LogP contribution in [0.25, 0.3) is 33.5 Å². The lowest BCUT2D eigenvalue weighted by Crippen LogP contribution is -2.11. The van der Waals surface area contributed by atoms with Crippen molar-refractivity contribution in [1.29, 1.82) is 0 Å². The highest BCUT2D eigenvalue weighted by Crippen LogP contribution is 2.33. The molecule has 32 heavy (non-hydrogen) atoms. The van der Waals surface area contributed by atoms with Gasteiger partial charge >= 0.3 is 0 Å². The minimum Gasteiger partial charge on any atom is -0.508 e. The van der Waals surface area contributed by atoms with E-state index in [9.17, 15) is 9.90 Å². The van der Waals surface area contributed by atoms with Crippen molar-refractivity contribution in [3.63, 3.8) is 0 Å². The summed E-state index contributed by atoms with van der Waals surface area (Å²) in [4.78, 5) is 20.5. The number of carbonyl (C=O) groups is 1. The molecule has 0 atom stereocenters. The Kier molecular flexibility index (Phi) is 4.63. The normalized spacial score (nSPS) is 11.1. The van der Waals surface area contributed by atoms with Crippen LogP contribution in [0, 0.1) is 0 Å². The average molecular weight is 429 g/mol. The van der Waals surface area contributed by atoms with Crippen LogP contribution in [0.1, 0.15) is 10.4 Å². The number of nitrogens with one attached hydrogen (secondary N) is 3. The molecule has 3 aromatic carbocycles. The van der Waals surface area contributed by atoms with E-state index in [0.717, 1.165) is 16.4 Å². The smallest absolute Gasteiger partial charge is 0.255 e. The number of ether oxygens (including phenoxy) is 2. The number of carbonyl (C=O) groups excluding carboxylic acids is 1. The number of hydrogen-bond acceptors (Lipinski definition) is 6. The van der Waals surface area contributed by atoms with E-state index >= 15 is 0 Å². The number of anilines is 1. The van der Waals surface area contributed by atoms with Crippen LogP contribution in [0.4, 0.5) is 5.69 Å². The molecule has 0 radical (unpaired) electrons. The Bertz CT molecular complexity index is 1410. The fraction of sp³-hybridized carbons (Fsp3) is 0.0870. The predicted molar refractivity (Wildman–Crippen MR) is 120 cm³/mol. The summed E-state index contributed by atoms with van der Waals surface area (Å²) in [5, 5.41) is 20.4. The third kappa shape index (κ3) is 3.35. The molecule has 5 rings (SSSR count). The Morgan fingerprint density at radius 3 is 2.47 bits per heavy atom. The second-order valence-electron chi connectivity index (χ2n) is 7.14. The topological polar surface area (TPSA) is 125 Å². The Morgan fingerprint density at radius 2 is 1.72 bits per heavy atom. The van der Waals surface area contributed by atoms with Gasteiger partial charge in [-0.05, 0) is 42.5 Å². The van der Waals surface area contributed by atoms with Gasteiger partial charge in [0.25, 0.3) is 5.91 Å². The number of H-pyrrole nitrogens is 2. The Morgan fingerprint density at radius 1 is 0.969 bits per heavy atom. The van der Waals surface area contributed by atoms with Gasteiger partial charge in [-0.2, -0.15) is 5.10 Å². The summed E-state index contributed by atoms with van der Waals surface area (Å²) < 4.78 is 10.7. The van der Waals surface area contributed by atoms with E-state index in [-0.39, 0.29) is 11.7 Å². The average Bonchev–Trinajstić information content (AvgIpc) is 3.42. The molecule has 0 aliphatic heterocycles. The van der Waals surface area contributed by atoms with Crippen molar-refractivity contribution in [2.24, 2.45) is 0 Å². The second-order valence-corrected chi connectivity index (χ2v) is 7.14. The summed E-state index contributed by atoms with van der Waals surface area (Å²) in [5.74, 6) is 1.65. The standard InChI is InChI=1S/C23H19N5O4/c1-31-19-10-17-18(11-20(19)32-2)26-22(25-17)21-15-8-3-12(9-16(15)27-28-21)23(30)24-13-4-6-14(29)7-5-13/h3-11,29H,1-2H3,(H,24,30)(H,25,26)(H,27,28). The number of phenolic OH excluding ortho intramolecular Hbond substituents is 1. The van der Waals surface area contributed by atoms with Gasteiger partial charge < -0.3 is 24.9 Å². The lowest BCUT2D eigenvalue weighted by molar-refractivity contribution is 0.102. The molecule has 4 N–H and O–H groups in total. The predicted octanol–water partition coefficient (Wildman–Crippen LogP) is 4.08. The first kappa shape index (κ1) is 19.4.